The van der Waals surface area contributed by atoms with Gasteiger partial charge in [-0.1, -0.05) is 13.8 Å². The Labute approximate surface area is 108 Å². The molecule has 102 valence electrons. The van der Waals surface area contributed by atoms with Gasteiger partial charge < -0.3 is 10.2 Å². The fourth-order valence-electron chi connectivity index (χ4n) is 2.73. The summed E-state index contributed by atoms with van der Waals surface area (Å²) in [5, 5.41) is 3.60. The fourth-order valence-corrected chi connectivity index (χ4v) is 2.73. The van der Waals surface area contributed by atoms with Crippen molar-refractivity contribution in [3.8, 4) is 0 Å². The third kappa shape index (κ3) is 5.36. The molecule has 0 saturated carbocycles. The van der Waals surface area contributed by atoms with Crippen LogP contribution in [0.2, 0.25) is 0 Å². The predicted molar refractivity (Wildman–Crippen MR) is 75.5 cm³/mol. The Morgan fingerprint density at radius 2 is 2.06 bits per heavy atom. The average Bonchev–Trinajstić information content (AvgIpc) is 2.48. The molecule has 1 aliphatic rings. The minimum Gasteiger partial charge on any atom is -0.313 e. The van der Waals surface area contributed by atoms with E-state index >= 15 is 0 Å². The van der Waals surface area contributed by atoms with Gasteiger partial charge in [-0.15, -0.1) is 0 Å². The lowest BCUT2D eigenvalue weighted by Crippen LogP contribution is -2.46. The van der Waals surface area contributed by atoms with Gasteiger partial charge in [0.05, 0.1) is 0 Å². The molecule has 0 aromatic carbocycles. The maximum absolute atomic E-state index is 3.60. The molecular weight excluding hydrogens is 210 g/mol. The molecular formula is C14H31N3. The van der Waals surface area contributed by atoms with Crippen molar-refractivity contribution in [3.63, 3.8) is 0 Å². The molecule has 0 bridgehead atoms. The SMILES string of the molecule is CCCNC(C)CN1CCCN(C)CC1CC. The van der Waals surface area contributed by atoms with Crippen LogP contribution in [0.15, 0.2) is 0 Å². The molecule has 2 atom stereocenters. The molecule has 1 rings (SSSR count). The second-order valence-corrected chi connectivity index (χ2v) is 5.53. The van der Waals surface area contributed by atoms with Crippen molar-refractivity contribution < 1.29 is 0 Å². The second-order valence-electron chi connectivity index (χ2n) is 5.53. The summed E-state index contributed by atoms with van der Waals surface area (Å²) in [6.07, 6.45) is 3.81. The number of nitrogens with one attached hydrogen (secondary N) is 1. The van der Waals surface area contributed by atoms with Gasteiger partial charge in [0.1, 0.15) is 0 Å². The van der Waals surface area contributed by atoms with Gasteiger partial charge in [-0.05, 0) is 52.9 Å². The van der Waals surface area contributed by atoms with Crippen molar-refractivity contribution in [2.24, 2.45) is 0 Å². The van der Waals surface area contributed by atoms with E-state index < -0.39 is 0 Å². The van der Waals surface area contributed by atoms with Crippen LogP contribution in [0.1, 0.15) is 40.0 Å². The van der Waals surface area contributed by atoms with Gasteiger partial charge in [-0.3, -0.25) is 4.90 Å². The Bertz CT molecular complexity index is 196. The first-order valence-corrected chi connectivity index (χ1v) is 7.33. The summed E-state index contributed by atoms with van der Waals surface area (Å²) in [7, 11) is 2.25. The van der Waals surface area contributed by atoms with E-state index in [1.807, 2.05) is 0 Å². The van der Waals surface area contributed by atoms with Gasteiger partial charge in [0.15, 0.2) is 0 Å². The summed E-state index contributed by atoms with van der Waals surface area (Å²) in [5.41, 5.74) is 0. The van der Waals surface area contributed by atoms with Crippen LogP contribution in [0, 0.1) is 0 Å². The fraction of sp³-hybridized carbons (Fsp3) is 1.00. The maximum atomic E-state index is 3.60. The van der Waals surface area contributed by atoms with E-state index in [4.69, 9.17) is 0 Å². The number of nitrogens with zero attached hydrogens (tertiary/aromatic N) is 2. The van der Waals surface area contributed by atoms with E-state index in [2.05, 4.69) is 42.9 Å². The van der Waals surface area contributed by atoms with Crippen LogP contribution in [0.25, 0.3) is 0 Å². The van der Waals surface area contributed by atoms with Crippen LogP contribution in [-0.4, -0.2) is 61.7 Å². The molecule has 1 heterocycles. The number of hydrogen-bond acceptors (Lipinski definition) is 3. The summed E-state index contributed by atoms with van der Waals surface area (Å²) < 4.78 is 0. The Hall–Kier alpha value is -0.120. The van der Waals surface area contributed by atoms with Gasteiger partial charge >= 0.3 is 0 Å². The molecule has 0 amide bonds. The topological polar surface area (TPSA) is 18.5 Å². The lowest BCUT2D eigenvalue weighted by molar-refractivity contribution is 0.169. The molecule has 17 heavy (non-hydrogen) atoms. The van der Waals surface area contributed by atoms with E-state index in [1.165, 1.54) is 45.4 Å². The minimum absolute atomic E-state index is 0.618. The molecule has 0 radical (unpaired) electrons. The highest BCUT2D eigenvalue weighted by molar-refractivity contribution is 4.80. The van der Waals surface area contributed by atoms with E-state index in [0.29, 0.717) is 6.04 Å². The zero-order valence-electron chi connectivity index (χ0n) is 12.2. The van der Waals surface area contributed by atoms with Crippen molar-refractivity contribution in [3.05, 3.63) is 0 Å². The molecule has 3 nitrogen and oxygen atoms in total. The molecule has 0 aromatic rings. The first-order valence-electron chi connectivity index (χ1n) is 7.33. The third-order valence-electron chi connectivity index (χ3n) is 3.75. The molecule has 0 spiro atoms. The average molecular weight is 241 g/mol. The molecule has 2 unspecified atom stereocenters. The lowest BCUT2D eigenvalue weighted by Gasteiger charge is -2.32. The first kappa shape index (κ1) is 14.9. The second kappa shape index (κ2) is 8.06. The highest BCUT2D eigenvalue weighted by atomic mass is 15.2. The third-order valence-corrected chi connectivity index (χ3v) is 3.75. The van der Waals surface area contributed by atoms with Crippen molar-refractivity contribution in [1.29, 1.82) is 0 Å². The highest BCUT2D eigenvalue weighted by Crippen LogP contribution is 2.12. The quantitative estimate of drug-likeness (QED) is 0.765. The largest absolute Gasteiger partial charge is 0.313 e. The van der Waals surface area contributed by atoms with Crippen molar-refractivity contribution in [1.82, 2.24) is 15.1 Å². The zero-order valence-corrected chi connectivity index (χ0v) is 12.2. The van der Waals surface area contributed by atoms with E-state index in [1.54, 1.807) is 0 Å². The summed E-state index contributed by atoms with van der Waals surface area (Å²) in [5.74, 6) is 0. The molecule has 3 heteroatoms. The van der Waals surface area contributed by atoms with E-state index in [-0.39, 0.29) is 0 Å². The van der Waals surface area contributed by atoms with Crippen molar-refractivity contribution >= 4 is 0 Å². The maximum Gasteiger partial charge on any atom is 0.0221 e. The number of hydrogen-bond donors (Lipinski definition) is 1. The van der Waals surface area contributed by atoms with Crippen LogP contribution in [-0.2, 0) is 0 Å². The van der Waals surface area contributed by atoms with E-state index in [9.17, 15) is 0 Å². The molecule has 0 aromatic heterocycles. The van der Waals surface area contributed by atoms with Crippen molar-refractivity contribution in [2.45, 2.75) is 52.1 Å². The monoisotopic (exact) mass is 241 g/mol. The molecule has 1 saturated heterocycles. The Kier molecular flexibility index (Phi) is 7.09. The summed E-state index contributed by atoms with van der Waals surface area (Å²) in [6, 6.07) is 1.36. The molecule has 1 aliphatic heterocycles. The molecule has 1 N–H and O–H groups in total. The van der Waals surface area contributed by atoms with Gasteiger partial charge in [0, 0.05) is 25.2 Å². The smallest absolute Gasteiger partial charge is 0.0221 e. The lowest BCUT2D eigenvalue weighted by atomic mass is 10.1. The standard InChI is InChI=1S/C14H31N3/c1-5-8-15-13(3)11-17-10-7-9-16(4)12-14(17)6-2/h13-15H,5-12H2,1-4H3. The predicted octanol–water partition coefficient (Wildman–Crippen LogP) is 1.79. The molecule has 1 fully saturated rings. The summed E-state index contributed by atoms with van der Waals surface area (Å²) >= 11 is 0. The van der Waals surface area contributed by atoms with Crippen LogP contribution in [0.3, 0.4) is 0 Å². The van der Waals surface area contributed by atoms with Crippen LogP contribution in [0.4, 0.5) is 0 Å². The molecule has 0 aliphatic carbocycles. The number of rotatable bonds is 6. The van der Waals surface area contributed by atoms with Gasteiger partial charge in [-0.2, -0.15) is 0 Å². The number of likely N-dealkylation sites (N-methyl/N-ethyl adjacent to an activating group) is 1. The Morgan fingerprint density at radius 1 is 1.29 bits per heavy atom. The minimum atomic E-state index is 0.618. The van der Waals surface area contributed by atoms with Crippen LogP contribution < -0.4 is 5.32 Å². The summed E-state index contributed by atoms with van der Waals surface area (Å²) in [4.78, 5) is 5.18. The Balaban J connectivity index is 2.42. The Morgan fingerprint density at radius 3 is 2.71 bits per heavy atom. The van der Waals surface area contributed by atoms with Gasteiger partial charge in [0.25, 0.3) is 0 Å². The normalized spacial score (nSPS) is 25.8. The first-order chi connectivity index (χ1) is 8.17. The highest BCUT2D eigenvalue weighted by Gasteiger charge is 2.22. The summed E-state index contributed by atoms with van der Waals surface area (Å²) in [6.45, 7) is 13.0. The van der Waals surface area contributed by atoms with E-state index in [0.717, 1.165) is 12.6 Å². The van der Waals surface area contributed by atoms with Gasteiger partial charge in [-0.25, -0.2) is 0 Å². The van der Waals surface area contributed by atoms with Crippen LogP contribution in [0.5, 0.6) is 0 Å². The zero-order chi connectivity index (χ0) is 12.7. The van der Waals surface area contributed by atoms with Gasteiger partial charge in [0.2, 0.25) is 0 Å². The van der Waals surface area contributed by atoms with Crippen molar-refractivity contribution in [2.75, 3.05) is 39.8 Å². The van der Waals surface area contributed by atoms with Crippen LogP contribution >= 0.6 is 0 Å².